The fourth-order valence-corrected chi connectivity index (χ4v) is 2.00. The molecule has 0 saturated heterocycles. The lowest BCUT2D eigenvalue weighted by Gasteiger charge is -2.05. The number of pyridine rings is 3. The largest absolute Gasteiger partial charge is 0.264 e. The molecule has 0 N–H and O–H groups in total. The molecule has 3 heterocycles. The molecule has 3 rings (SSSR count). The van der Waals surface area contributed by atoms with Crippen LogP contribution in [0.1, 0.15) is 5.56 Å². The molecule has 0 saturated carbocycles. The van der Waals surface area contributed by atoms with Gasteiger partial charge < -0.3 is 0 Å². The van der Waals surface area contributed by atoms with Crippen LogP contribution in [-0.2, 0) is 0 Å². The summed E-state index contributed by atoms with van der Waals surface area (Å²) in [5.41, 5.74) is 5.42. The van der Waals surface area contributed by atoms with Crippen LogP contribution in [0, 0.1) is 6.92 Å². The van der Waals surface area contributed by atoms with Crippen molar-refractivity contribution in [3.05, 3.63) is 67.0 Å². The van der Waals surface area contributed by atoms with Gasteiger partial charge in [0.1, 0.15) is 0 Å². The van der Waals surface area contributed by atoms with Gasteiger partial charge in [-0.2, -0.15) is 0 Å². The molecule has 0 aliphatic carbocycles. The first-order chi connectivity index (χ1) is 9.33. The predicted molar refractivity (Wildman–Crippen MR) is 75.4 cm³/mol. The van der Waals surface area contributed by atoms with Gasteiger partial charge in [0.2, 0.25) is 0 Å². The lowest BCUT2D eigenvalue weighted by atomic mass is 10.0. The van der Waals surface area contributed by atoms with Gasteiger partial charge in [0.15, 0.2) is 0 Å². The summed E-state index contributed by atoms with van der Waals surface area (Å²) in [6.07, 6.45) is 11.0. The van der Waals surface area contributed by atoms with Crippen LogP contribution in [-0.4, -0.2) is 15.0 Å². The molecule has 3 aromatic rings. The van der Waals surface area contributed by atoms with Crippen LogP contribution in [0.5, 0.6) is 0 Å². The molecule has 3 nitrogen and oxygen atoms in total. The Morgan fingerprint density at radius 3 is 2.00 bits per heavy atom. The van der Waals surface area contributed by atoms with E-state index in [-0.39, 0.29) is 0 Å². The Hall–Kier alpha value is -2.55. The second-order valence-corrected chi connectivity index (χ2v) is 4.45. The van der Waals surface area contributed by atoms with Crippen molar-refractivity contribution in [3.63, 3.8) is 0 Å². The third kappa shape index (κ3) is 2.50. The highest BCUT2D eigenvalue weighted by atomic mass is 14.6. The lowest BCUT2D eigenvalue weighted by molar-refractivity contribution is 1.26. The molecule has 19 heavy (non-hydrogen) atoms. The van der Waals surface area contributed by atoms with E-state index in [0.717, 1.165) is 27.8 Å². The second-order valence-electron chi connectivity index (χ2n) is 4.45. The first-order valence-electron chi connectivity index (χ1n) is 6.10. The van der Waals surface area contributed by atoms with E-state index in [1.807, 2.05) is 50.0 Å². The monoisotopic (exact) mass is 247 g/mol. The smallest absolute Gasteiger partial charge is 0.0347 e. The SMILES string of the molecule is Cc1cncc(-c2cncc(-c3cccnc3)c2)c1. The maximum Gasteiger partial charge on any atom is 0.0347 e. The molecule has 3 heteroatoms. The number of nitrogens with zero attached hydrogens (tertiary/aromatic N) is 3. The van der Waals surface area contributed by atoms with E-state index in [0.29, 0.717) is 0 Å². The van der Waals surface area contributed by atoms with Crippen molar-refractivity contribution >= 4 is 0 Å². The van der Waals surface area contributed by atoms with Crippen molar-refractivity contribution in [1.82, 2.24) is 15.0 Å². The molecule has 0 bridgehead atoms. The molecular weight excluding hydrogens is 234 g/mol. The van der Waals surface area contributed by atoms with Crippen molar-refractivity contribution in [1.29, 1.82) is 0 Å². The molecule has 0 atom stereocenters. The quantitative estimate of drug-likeness (QED) is 0.695. The van der Waals surface area contributed by atoms with E-state index < -0.39 is 0 Å². The average molecular weight is 247 g/mol. The molecule has 0 fully saturated rings. The van der Waals surface area contributed by atoms with Crippen LogP contribution < -0.4 is 0 Å². The van der Waals surface area contributed by atoms with Crippen LogP contribution in [0.15, 0.2) is 61.4 Å². The Morgan fingerprint density at radius 2 is 1.32 bits per heavy atom. The Morgan fingerprint density at radius 1 is 0.684 bits per heavy atom. The van der Waals surface area contributed by atoms with E-state index in [9.17, 15) is 0 Å². The van der Waals surface area contributed by atoms with E-state index in [1.165, 1.54) is 0 Å². The summed E-state index contributed by atoms with van der Waals surface area (Å²) in [6.45, 7) is 2.04. The summed E-state index contributed by atoms with van der Waals surface area (Å²) >= 11 is 0. The molecule has 0 unspecified atom stereocenters. The van der Waals surface area contributed by atoms with Gasteiger partial charge in [0.05, 0.1) is 0 Å². The van der Waals surface area contributed by atoms with Gasteiger partial charge in [0, 0.05) is 59.4 Å². The van der Waals surface area contributed by atoms with Gasteiger partial charge in [-0.3, -0.25) is 15.0 Å². The van der Waals surface area contributed by atoms with Gasteiger partial charge in [0.25, 0.3) is 0 Å². The highest BCUT2D eigenvalue weighted by molar-refractivity contribution is 5.70. The molecule has 92 valence electrons. The summed E-state index contributed by atoms with van der Waals surface area (Å²) in [5.74, 6) is 0. The minimum atomic E-state index is 1.06. The molecule has 0 aliphatic heterocycles. The summed E-state index contributed by atoms with van der Waals surface area (Å²) in [7, 11) is 0. The van der Waals surface area contributed by atoms with Crippen molar-refractivity contribution in [2.45, 2.75) is 6.92 Å². The van der Waals surface area contributed by atoms with Gasteiger partial charge in [-0.15, -0.1) is 0 Å². The second kappa shape index (κ2) is 4.98. The minimum absolute atomic E-state index is 1.06. The van der Waals surface area contributed by atoms with E-state index in [1.54, 1.807) is 6.20 Å². The van der Waals surface area contributed by atoms with Gasteiger partial charge in [-0.05, 0) is 30.7 Å². The first kappa shape index (κ1) is 11.5. The third-order valence-corrected chi connectivity index (χ3v) is 2.94. The van der Waals surface area contributed by atoms with Gasteiger partial charge >= 0.3 is 0 Å². The van der Waals surface area contributed by atoms with Crippen LogP contribution in [0.25, 0.3) is 22.3 Å². The fourth-order valence-electron chi connectivity index (χ4n) is 2.00. The number of aryl methyl sites for hydroxylation is 1. The van der Waals surface area contributed by atoms with Crippen LogP contribution in [0.3, 0.4) is 0 Å². The fraction of sp³-hybridized carbons (Fsp3) is 0.0625. The number of hydrogen-bond acceptors (Lipinski definition) is 3. The standard InChI is InChI=1S/C16H13N3/c1-12-5-14(9-18-7-12)16-6-15(10-19-11-16)13-3-2-4-17-8-13/h2-11H,1H3. The lowest BCUT2D eigenvalue weighted by Crippen LogP contribution is -1.86. The summed E-state index contributed by atoms with van der Waals surface area (Å²) < 4.78 is 0. The van der Waals surface area contributed by atoms with Crippen molar-refractivity contribution in [2.75, 3.05) is 0 Å². The van der Waals surface area contributed by atoms with Crippen LogP contribution in [0.2, 0.25) is 0 Å². The van der Waals surface area contributed by atoms with Crippen molar-refractivity contribution in [2.24, 2.45) is 0 Å². The molecule has 0 aromatic carbocycles. The predicted octanol–water partition coefficient (Wildman–Crippen LogP) is 3.51. The van der Waals surface area contributed by atoms with Crippen molar-refractivity contribution in [3.8, 4) is 22.3 Å². The zero-order valence-corrected chi connectivity index (χ0v) is 10.6. The van der Waals surface area contributed by atoms with Crippen molar-refractivity contribution < 1.29 is 0 Å². The average Bonchev–Trinajstić information content (AvgIpc) is 2.48. The van der Waals surface area contributed by atoms with Gasteiger partial charge in [-0.25, -0.2) is 0 Å². The zero-order valence-electron chi connectivity index (χ0n) is 10.6. The normalized spacial score (nSPS) is 10.4. The van der Waals surface area contributed by atoms with Crippen LogP contribution in [0.4, 0.5) is 0 Å². The van der Waals surface area contributed by atoms with Crippen LogP contribution >= 0.6 is 0 Å². The number of rotatable bonds is 2. The number of hydrogen-bond donors (Lipinski definition) is 0. The first-order valence-corrected chi connectivity index (χ1v) is 6.10. The molecule has 0 radical (unpaired) electrons. The summed E-state index contributed by atoms with van der Waals surface area (Å²) in [4.78, 5) is 12.7. The Kier molecular flexibility index (Phi) is 3.02. The zero-order chi connectivity index (χ0) is 13.1. The molecule has 3 aromatic heterocycles. The Balaban J connectivity index is 2.06. The maximum atomic E-state index is 4.31. The number of aromatic nitrogens is 3. The summed E-state index contributed by atoms with van der Waals surface area (Å²) in [5, 5.41) is 0. The molecular formula is C16H13N3. The summed E-state index contributed by atoms with van der Waals surface area (Å²) in [6, 6.07) is 8.18. The highest BCUT2D eigenvalue weighted by Gasteiger charge is 2.03. The molecule has 0 aliphatic rings. The Labute approximate surface area is 112 Å². The van der Waals surface area contributed by atoms with Gasteiger partial charge in [-0.1, -0.05) is 6.07 Å². The van der Waals surface area contributed by atoms with E-state index in [2.05, 4.69) is 27.1 Å². The minimum Gasteiger partial charge on any atom is -0.264 e. The third-order valence-electron chi connectivity index (χ3n) is 2.94. The van der Waals surface area contributed by atoms with E-state index >= 15 is 0 Å². The maximum absolute atomic E-state index is 4.31. The molecule has 0 amide bonds. The topological polar surface area (TPSA) is 38.7 Å². The van der Waals surface area contributed by atoms with E-state index in [4.69, 9.17) is 0 Å². The molecule has 0 spiro atoms. The highest BCUT2D eigenvalue weighted by Crippen LogP contribution is 2.24. The Bertz CT molecular complexity index is 693.